The van der Waals surface area contributed by atoms with Crippen LogP contribution in [0.5, 0.6) is 0 Å². The van der Waals surface area contributed by atoms with E-state index in [0.29, 0.717) is 0 Å². The van der Waals surface area contributed by atoms with E-state index >= 15 is 0 Å². The number of anilines is 1. The SMILES string of the molecule is Cc1ccc(N2CCNCC2)c2cnc(=O)[nH]c12. The Hall–Kier alpha value is -1.88. The van der Waals surface area contributed by atoms with Gasteiger partial charge in [0.1, 0.15) is 0 Å². The number of hydrogen-bond donors (Lipinski definition) is 2. The van der Waals surface area contributed by atoms with Gasteiger partial charge in [-0.3, -0.25) is 0 Å². The molecule has 1 aromatic carbocycles. The molecule has 1 aliphatic heterocycles. The second kappa shape index (κ2) is 4.42. The molecule has 0 spiro atoms. The van der Waals surface area contributed by atoms with Crippen LogP contribution < -0.4 is 15.9 Å². The van der Waals surface area contributed by atoms with Crippen molar-refractivity contribution in [2.24, 2.45) is 0 Å². The Morgan fingerprint density at radius 2 is 2.06 bits per heavy atom. The van der Waals surface area contributed by atoms with E-state index in [1.165, 1.54) is 0 Å². The van der Waals surface area contributed by atoms with Crippen molar-refractivity contribution in [3.63, 3.8) is 0 Å². The van der Waals surface area contributed by atoms with Gasteiger partial charge in [0.15, 0.2) is 0 Å². The van der Waals surface area contributed by atoms with E-state index in [1.807, 2.05) is 6.92 Å². The molecule has 1 aromatic heterocycles. The minimum atomic E-state index is -0.289. The number of H-pyrrole nitrogens is 1. The fraction of sp³-hybridized carbons (Fsp3) is 0.385. The van der Waals surface area contributed by atoms with Gasteiger partial charge < -0.3 is 15.2 Å². The van der Waals surface area contributed by atoms with Crippen LogP contribution in [0.1, 0.15) is 5.56 Å². The fourth-order valence-electron chi connectivity index (χ4n) is 2.46. The summed E-state index contributed by atoms with van der Waals surface area (Å²) >= 11 is 0. The fourth-order valence-corrected chi connectivity index (χ4v) is 2.46. The first kappa shape index (κ1) is 11.2. The molecule has 5 nitrogen and oxygen atoms in total. The van der Waals surface area contributed by atoms with Crippen molar-refractivity contribution < 1.29 is 0 Å². The number of piperazine rings is 1. The van der Waals surface area contributed by atoms with Crippen LogP contribution in [0.4, 0.5) is 5.69 Å². The van der Waals surface area contributed by atoms with Crippen molar-refractivity contribution in [1.29, 1.82) is 0 Å². The summed E-state index contributed by atoms with van der Waals surface area (Å²) in [5, 5.41) is 4.36. The smallest absolute Gasteiger partial charge is 0.345 e. The Bertz CT molecular complexity index is 628. The van der Waals surface area contributed by atoms with Crippen molar-refractivity contribution in [1.82, 2.24) is 15.3 Å². The molecule has 0 unspecified atom stereocenters. The van der Waals surface area contributed by atoms with Gasteiger partial charge in [-0.15, -0.1) is 0 Å². The highest BCUT2D eigenvalue weighted by Gasteiger charge is 2.14. The average Bonchev–Trinajstić information content (AvgIpc) is 2.41. The molecule has 0 saturated carbocycles. The Morgan fingerprint density at radius 1 is 1.28 bits per heavy atom. The Balaban J connectivity index is 2.17. The lowest BCUT2D eigenvalue weighted by Gasteiger charge is -2.30. The molecule has 0 bridgehead atoms. The van der Waals surface area contributed by atoms with Crippen molar-refractivity contribution >= 4 is 16.6 Å². The predicted octanol–water partition coefficient (Wildman–Crippen LogP) is 0.641. The number of aromatic nitrogens is 2. The molecule has 0 radical (unpaired) electrons. The number of nitrogens with zero attached hydrogens (tertiary/aromatic N) is 2. The summed E-state index contributed by atoms with van der Waals surface area (Å²) in [5.74, 6) is 0. The first-order valence-electron chi connectivity index (χ1n) is 6.20. The summed E-state index contributed by atoms with van der Waals surface area (Å²) in [4.78, 5) is 20.3. The minimum Gasteiger partial charge on any atom is -0.368 e. The lowest BCUT2D eigenvalue weighted by molar-refractivity contribution is 0.590. The Morgan fingerprint density at radius 3 is 2.83 bits per heavy atom. The van der Waals surface area contributed by atoms with Crippen LogP contribution in [-0.2, 0) is 0 Å². The van der Waals surface area contributed by atoms with Crippen LogP contribution in [0.25, 0.3) is 10.9 Å². The highest BCUT2D eigenvalue weighted by atomic mass is 16.1. The van der Waals surface area contributed by atoms with Gasteiger partial charge in [-0.25, -0.2) is 9.78 Å². The summed E-state index contributed by atoms with van der Waals surface area (Å²) in [6.07, 6.45) is 1.68. The predicted molar refractivity (Wildman–Crippen MR) is 72.2 cm³/mol. The van der Waals surface area contributed by atoms with Crippen LogP contribution >= 0.6 is 0 Å². The molecule has 0 atom stereocenters. The first-order valence-corrected chi connectivity index (χ1v) is 6.20. The summed E-state index contributed by atoms with van der Waals surface area (Å²) in [7, 11) is 0. The maximum absolute atomic E-state index is 11.3. The molecule has 1 aliphatic rings. The first-order chi connectivity index (χ1) is 8.75. The number of aryl methyl sites for hydroxylation is 1. The van der Waals surface area contributed by atoms with Gasteiger partial charge in [-0.2, -0.15) is 0 Å². The number of aromatic amines is 1. The molecule has 1 fully saturated rings. The van der Waals surface area contributed by atoms with E-state index in [9.17, 15) is 4.79 Å². The monoisotopic (exact) mass is 244 g/mol. The molecular formula is C13H16N4O. The maximum atomic E-state index is 11.3. The molecule has 2 N–H and O–H groups in total. The molecule has 94 valence electrons. The topological polar surface area (TPSA) is 61.0 Å². The Labute approximate surface area is 105 Å². The quantitative estimate of drug-likeness (QED) is 0.773. The lowest BCUT2D eigenvalue weighted by Crippen LogP contribution is -2.43. The lowest BCUT2D eigenvalue weighted by atomic mass is 10.1. The van der Waals surface area contributed by atoms with Crippen LogP contribution in [0.3, 0.4) is 0 Å². The molecule has 0 aliphatic carbocycles. The van der Waals surface area contributed by atoms with Gasteiger partial charge in [0, 0.05) is 43.4 Å². The van der Waals surface area contributed by atoms with E-state index < -0.39 is 0 Å². The van der Waals surface area contributed by atoms with Gasteiger partial charge in [-0.05, 0) is 18.6 Å². The van der Waals surface area contributed by atoms with Gasteiger partial charge >= 0.3 is 5.69 Å². The van der Waals surface area contributed by atoms with Gasteiger partial charge in [0.25, 0.3) is 0 Å². The van der Waals surface area contributed by atoms with Crippen molar-refractivity contribution in [2.75, 3.05) is 31.1 Å². The third-order valence-electron chi connectivity index (χ3n) is 3.43. The Kier molecular flexibility index (Phi) is 2.76. The zero-order valence-corrected chi connectivity index (χ0v) is 10.4. The molecule has 1 saturated heterocycles. The van der Waals surface area contributed by atoms with Gasteiger partial charge in [-0.1, -0.05) is 6.07 Å². The number of benzene rings is 1. The highest BCUT2D eigenvalue weighted by Crippen LogP contribution is 2.26. The van der Waals surface area contributed by atoms with Crippen LogP contribution in [0, 0.1) is 6.92 Å². The van der Waals surface area contributed by atoms with E-state index in [2.05, 4.69) is 32.3 Å². The largest absolute Gasteiger partial charge is 0.368 e. The molecule has 18 heavy (non-hydrogen) atoms. The molecule has 2 aromatic rings. The van der Waals surface area contributed by atoms with E-state index in [1.54, 1.807) is 6.20 Å². The van der Waals surface area contributed by atoms with Crippen molar-refractivity contribution in [3.8, 4) is 0 Å². The molecule has 3 rings (SSSR count). The summed E-state index contributed by atoms with van der Waals surface area (Å²) in [6.45, 7) is 5.95. The van der Waals surface area contributed by atoms with Crippen molar-refractivity contribution in [2.45, 2.75) is 6.92 Å². The second-order valence-electron chi connectivity index (χ2n) is 4.62. The summed E-state index contributed by atoms with van der Waals surface area (Å²) < 4.78 is 0. The second-order valence-corrected chi connectivity index (χ2v) is 4.62. The van der Waals surface area contributed by atoms with Gasteiger partial charge in [0.2, 0.25) is 0 Å². The zero-order chi connectivity index (χ0) is 12.5. The molecule has 2 heterocycles. The van der Waals surface area contributed by atoms with Crippen LogP contribution in [0.2, 0.25) is 0 Å². The van der Waals surface area contributed by atoms with E-state index in [4.69, 9.17) is 0 Å². The maximum Gasteiger partial charge on any atom is 0.345 e. The number of hydrogen-bond acceptors (Lipinski definition) is 4. The van der Waals surface area contributed by atoms with Gasteiger partial charge in [0.05, 0.1) is 5.52 Å². The number of fused-ring (bicyclic) bond motifs is 1. The molecule has 5 heteroatoms. The third-order valence-corrected chi connectivity index (χ3v) is 3.43. The minimum absolute atomic E-state index is 0.289. The summed E-state index contributed by atoms with van der Waals surface area (Å²) in [6, 6.07) is 4.17. The highest BCUT2D eigenvalue weighted by molar-refractivity contribution is 5.93. The standard InChI is InChI=1S/C13H16N4O/c1-9-2-3-11(17-6-4-14-5-7-17)10-8-15-13(18)16-12(9)10/h2-3,8,14H,4-7H2,1H3,(H,15,16,18). The summed E-state index contributed by atoms with van der Waals surface area (Å²) in [5.41, 5.74) is 2.83. The average molecular weight is 244 g/mol. The zero-order valence-electron chi connectivity index (χ0n) is 10.4. The molecule has 0 amide bonds. The van der Waals surface area contributed by atoms with E-state index in [-0.39, 0.29) is 5.69 Å². The van der Waals surface area contributed by atoms with E-state index in [0.717, 1.165) is 48.3 Å². The number of nitrogens with one attached hydrogen (secondary N) is 2. The van der Waals surface area contributed by atoms with Crippen LogP contribution in [0.15, 0.2) is 23.1 Å². The van der Waals surface area contributed by atoms with Crippen LogP contribution in [-0.4, -0.2) is 36.1 Å². The van der Waals surface area contributed by atoms with Crippen molar-refractivity contribution in [3.05, 3.63) is 34.4 Å². The molecular weight excluding hydrogens is 228 g/mol. The normalized spacial score (nSPS) is 16.2. The number of rotatable bonds is 1. The third kappa shape index (κ3) is 1.86.